The van der Waals surface area contributed by atoms with Crippen LogP contribution >= 0.6 is 27.5 Å². The third kappa shape index (κ3) is 2.65. The molecule has 0 aliphatic rings. The molecule has 0 spiro atoms. The SMILES string of the molecule is CC(C)OC(=O)c1c(N)c(Cl)cc(F)c1Br. The van der Waals surface area contributed by atoms with E-state index in [1.54, 1.807) is 13.8 Å². The molecule has 6 heteroatoms. The lowest BCUT2D eigenvalue weighted by Gasteiger charge is -2.12. The molecule has 0 saturated carbocycles. The summed E-state index contributed by atoms with van der Waals surface area (Å²) in [5, 5.41) is -0.0172. The second-order valence-corrected chi connectivity index (χ2v) is 4.60. The maximum absolute atomic E-state index is 13.3. The first kappa shape index (κ1) is 13.3. The summed E-state index contributed by atoms with van der Waals surface area (Å²) in [7, 11) is 0. The molecule has 88 valence electrons. The van der Waals surface area contributed by atoms with Gasteiger partial charge in [0.2, 0.25) is 0 Å². The standard InChI is InChI=1S/C10H10BrClFNO2/c1-4(2)16-10(15)7-8(11)6(13)3-5(12)9(7)14/h3-4H,14H2,1-2H3. The van der Waals surface area contributed by atoms with Crippen molar-refractivity contribution < 1.29 is 13.9 Å². The molecule has 0 aromatic heterocycles. The lowest BCUT2D eigenvalue weighted by molar-refractivity contribution is 0.0377. The summed E-state index contributed by atoms with van der Waals surface area (Å²) in [6, 6.07) is 1.03. The summed E-state index contributed by atoms with van der Waals surface area (Å²) in [6.07, 6.45) is -0.319. The zero-order valence-electron chi connectivity index (χ0n) is 8.68. The monoisotopic (exact) mass is 309 g/mol. The lowest BCUT2D eigenvalue weighted by Crippen LogP contribution is -2.15. The molecule has 0 heterocycles. The van der Waals surface area contributed by atoms with Gasteiger partial charge in [-0.25, -0.2) is 9.18 Å². The summed E-state index contributed by atoms with van der Waals surface area (Å²) in [5.41, 5.74) is 5.52. The van der Waals surface area contributed by atoms with Crippen molar-refractivity contribution in [3.05, 3.63) is 26.9 Å². The predicted octanol–water partition coefficient (Wildman–Crippen LogP) is 3.39. The Hall–Kier alpha value is -0.810. The summed E-state index contributed by atoms with van der Waals surface area (Å²) in [5.74, 6) is -1.37. The van der Waals surface area contributed by atoms with E-state index in [1.165, 1.54) is 0 Å². The molecule has 0 saturated heterocycles. The molecule has 1 aromatic carbocycles. The third-order valence-corrected chi connectivity index (χ3v) is 2.84. The first-order valence-corrected chi connectivity index (χ1v) is 5.65. The quantitative estimate of drug-likeness (QED) is 0.517. The van der Waals surface area contributed by atoms with Crippen molar-refractivity contribution in [1.82, 2.24) is 0 Å². The molecule has 0 aliphatic heterocycles. The Balaban J connectivity index is 3.27. The van der Waals surface area contributed by atoms with Crippen molar-refractivity contribution >= 4 is 39.2 Å². The molecule has 1 rings (SSSR count). The highest BCUT2D eigenvalue weighted by Gasteiger charge is 2.22. The average molecular weight is 311 g/mol. The molecule has 0 atom stereocenters. The highest BCUT2D eigenvalue weighted by atomic mass is 79.9. The average Bonchev–Trinajstić information content (AvgIpc) is 2.14. The molecular formula is C10H10BrClFNO2. The van der Waals surface area contributed by atoms with Crippen LogP contribution < -0.4 is 5.73 Å². The van der Waals surface area contributed by atoms with Gasteiger partial charge in [-0.3, -0.25) is 0 Å². The Morgan fingerprint density at radius 2 is 2.19 bits per heavy atom. The number of hydrogen-bond donors (Lipinski definition) is 1. The minimum absolute atomic E-state index is 0.000548. The van der Waals surface area contributed by atoms with Gasteiger partial charge in [-0.2, -0.15) is 0 Å². The third-order valence-electron chi connectivity index (χ3n) is 1.76. The van der Waals surface area contributed by atoms with E-state index in [9.17, 15) is 9.18 Å². The minimum Gasteiger partial charge on any atom is -0.459 e. The van der Waals surface area contributed by atoms with Gasteiger partial charge in [-0.05, 0) is 35.8 Å². The van der Waals surface area contributed by atoms with Crippen molar-refractivity contribution in [3.63, 3.8) is 0 Å². The summed E-state index contributed by atoms with van der Waals surface area (Å²) in [6.45, 7) is 3.37. The van der Waals surface area contributed by atoms with Crippen LogP contribution in [0.2, 0.25) is 5.02 Å². The number of nitrogens with two attached hydrogens (primary N) is 1. The molecule has 1 aromatic rings. The number of anilines is 1. The normalized spacial score (nSPS) is 10.6. The number of hydrogen-bond acceptors (Lipinski definition) is 3. The highest BCUT2D eigenvalue weighted by Crippen LogP contribution is 2.32. The predicted molar refractivity (Wildman–Crippen MR) is 64.1 cm³/mol. The molecule has 3 nitrogen and oxygen atoms in total. The minimum atomic E-state index is -0.708. The van der Waals surface area contributed by atoms with Crippen LogP contribution in [0.5, 0.6) is 0 Å². The molecule has 0 amide bonds. The maximum Gasteiger partial charge on any atom is 0.341 e. The van der Waals surface area contributed by atoms with Gasteiger partial charge < -0.3 is 10.5 Å². The van der Waals surface area contributed by atoms with E-state index >= 15 is 0 Å². The van der Waals surface area contributed by atoms with Crippen LogP contribution in [0.15, 0.2) is 10.5 Å². The number of benzene rings is 1. The maximum atomic E-state index is 13.3. The van der Waals surface area contributed by atoms with Crippen molar-refractivity contribution in [2.45, 2.75) is 20.0 Å². The first-order chi connectivity index (χ1) is 7.34. The molecule has 0 radical (unpaired) electrons. The van der Waals surface area contributed by atoms with Gasteiger partial charge >= 0.3 is 5.97 Å². The number of nitrogen functional groups attached to an aromatic ring is 1. The van der Waals surface area contributed by atoms with Crippen molar-refractivity contribution in [2.75, 3.05) is 5.73 Å². The van der Waals surface area contributed by atoms with E-state index in [1.807, 2.05) is 0 Å². The van der Waals surface area contributed by atoms with Gasteiger partial charge in [0.05, 0.1) is 21.3 Å². The number of carbonyl (C=O) groups is 1. The fraction of sp³-hybridized carbons (Fsp3) is 0.300. The zero-order chi connectivity index (χ0) is 12.5. The summed E-state index contributed by atoms with van der Waals surface area (Å²) < 4.78 is 18.2. The fourth-order valence-corrected chi connectivity index (χ4v) is 1.76. The van der Waals surface area contributed by atoms with E-state index in [0.717, 1.165) is 6.07 Å². The molecule has 0 bridgehead atoms. The van der Waals surface area contributed by atoms with Crippen LogP contribution in [0.3, 0.4) is 0 Å². The number of rotatable bonds is 2. The van der Waals surface area contributed by atoms with Gasteiger partial charge in [0.1, 0.15) is 11.4 Å². The Labute approximate surface area is 106 Å². The van der Waals surface area contributed by atoms with Gasteiger partial charge in [-0.15, -0.1) is 0 Å². The van der Waals surface area contributed by atoms with E-state index < -0.39 is 11.8 Å². The van der Waals surface area contributed by atoms with E-state index in [-0.39, 0.29) is 26.9 Å². The number of esters is 1. The molecule has 2 N–H and O–H groups in total. The number of ether oxygens (including phenoxy) is 1. The summed E-state index contributed by atoms with van der Waals surface area (Å²) >= 11 is 8.62. The molecule has 0 aliphatic carbocycles. The van der Waals surface area contributed by atoms with Gasteiger partial charge in [0, 0.05) is 0 Å². The Bertz CT molecular complexity index is 411. The van der Waals surface area contributed by atoms with Gasteiger partial charge in [0.15, 0.2) is 0 Å². The number of carbonyl (C=O) groups excluding carboxylic acids is 1. The highest BCUT2D eigenvalue weighted by molar-refractivity contribution is 9.10. The molecule has 0 fully saturated rings. The topological polar surface area (TPSA) is 52.3 Å². The molecular weight excluding hydrogens is 300 g/mol. The first-order valence-electron chi connectivity index (χ1n) is 4.48. The van der Waals surface area contributed by atoms with Crippen LogP contribution in [0.25, 0.3) is 0 Å². The molecule has 16 heavy (non-hydrogen) atoms. The summed E-state index contributed by atoms with van der Waals surface area (Å²) in [4.78, 5) is 11.6. The lowest BCUT2D eigenvalue weighted by atomic mass is 10.2. The van der Waals surface area contributed by atoms with E-state index in [0.29, 0.717) is 0 Å². The zero-order valence-corrected chi connectivity index (χ0v) is 11.0. The van der Waals surface area contributed by atoms with Crippen LogP contribution in [-0.2, 0) is 4.74 Å². The number of halogens is 3. The van der Waals surface area contributed by atoms with E-state index in [4.69, 9.17) is 22.1 Å². The molecule has 0 unspecified atom stereocenters. The fourth-order valence-electron chi connectivity index (χ4n) is 1.08. The van der Waals surface area contributed by atoms with Crippen molar-refractivity contribution in [1.29, 1.82) is 0 Å². The second-order valence-electron chi connectivity index (χ2n) is 3.40. The van der Waals surface area contributed by atoms with Crippen LogP contribution in [0.1, 0.15) is 24.2 Å². The van der Waals surface area contributed by atoms with Crippen molar-refractivity contribution in [3.8, 4) is 0 Å². The Morgan fingerprint density at radius 3 is 2.69 bits per heavy atom. The largest absolute Gasteiger partial charge is 0.459 e. The Kier molecular flexibility index (Phi) is 4.15. The Morgan fingerprint density at radius 1 is 1.62 bits per heavy atom. The van der Waals surface area contributed by atoms with Crippen molar-refractivity contribution in [2.24, 2.45) is 0 Å². The van der Waals surface area contributed by atoms with E-state index in [2.05, 4.69) is 15.9 Å². The van der Waals surface area contributed by atoms with Gasteiger partial charge in [0.25, 0.3) is 0 Å². The second kappa shape index (κ2) is 5.01. The van der Waals surface area contributed by atoms with Gasteiger partial charge in [-0.1, -0.05) is 11.6 Å². The van der Waals surface area contributed by atoms with Crippen LogP contribution in [0.4, 0.5) is 10.1 Å². The van der Waals surface area contributed by atoms with Crippen LogP contribution in [-0.4, -0.2) is 12.1 Å². The van der Waals surface area contributed by atoms with Crippen LogP contribution in [0, 0.1) is 5.82 Å². The smallest absolute Gasteiger partial charge is 0.341 e.